The molecule has 5 heteroatoms. The number of para-hydroxylation sites is 1. The molecule has 102 valence electrons. The van der Waals surface area contributed by atoms with Crippen molar-refractivity contribution in [1.82, 2.24) is 0 Å². The van der Waals surface area contributed by atoms with E-state index in [0.29, 0.717) is 11.4 Å². The third-order valence-corrected chi connectivity index (χ3v) is 2.50. The molecule has 2 aromatic rings. The summed E-state index contributed by atoms with van der Waals surface area (Å²) in [4.78, 5) is 22.1. The fourth-order valence-electron chi connectivity index (χ4n) is 1.70. The van der Waals surface area contributed by atoms with Crippen molar-refractivity contribution in [2.75, 3.05) is 5.32 Å². The Morgan fingerprint density at radius 3 is 2.55 bits per heavy atom. The third-order valence-electron chi connectivity index (χ3n) is 2.50. The maximum Gasteiger partial charge on any atom is 0.339 e. The van der Waals surface area contributed by atoms with Crippen LogP contribution in [0.15, 0.2) is 48.5 Å². The van der Waals surface area contributed by atoms with Gasteiger partial charge in [0.2, 0.25) is 5.91 Å². The number of carbonyl (C=O) groups is 2. The van der Waals surface area contributed by atoms with Crippen LogP contribution in [0.2, 0.25) is 0 Å². The smallest absolute Gasteiger partial charge is 0.339 e. The number of nitrogens with one attached hydrogen (secondary N) is 1. The number of amides is 1. The van der Waals surface area contributed by atoms with Crippen LogP contribution in [0.5, 0.6) is 11.5 Å². The Morgan fingerprint density at radius 2 is 1.85 bits per heavy atom. The molecule has 0 aliphatic carbocycles. The van der Waals surface area contributed by atoms with Gasteiger partial charge in [0.05, 0.1) is 0 Å². The molecule has 0 saturated heterocycles. The van der Waals surface area contributed by atoms with Crippen LogP contribution in [-0.4, -0.2) is 17.0 Å². The molecule has 0 bridgehead atoms. The van der Waals surface area contributed by atoms with E-state index >= 15 is 0 Å². The van der Waals surface area contributed by atoms with Crippen LogP contribution in [-0.2, 0) is 4.79 Å². The highest BCUT2D eigenvalue weighted by Gasteiger charge is 2.11. The Labute approximate surface area is 115 Å². The van der Waals surface area contributed by atoms with E-state index < -0.39 is 5.97 Å². The lowest BCUT2D eigenvalue weighted by Gasteiger charge is -2.10. The SMILES string of the molecule is CC(=O)Nc1cccc(Oc2ccccc2C(=O)O)c1. The molecule has 1 amide bonds. The first-order valence-electron chi connectivity index (χ1n) is 5.94. The molecule has 20 heavy (non-hydrogen) atoms. The highest BCUT2D eigenvalue weighted by Crippen LogP contribution is 2.27. The zero-order valence-corrected chi connectivity index (χ0v) is 10.8. The summed E-state index contributed by atoms with van der Waals surface area (Å²) in [5, 5.41) is 11.7. The van der Waals surface area contributed by atoms with Crippen molar-refractivity contribution in [2.45, 2.75) is 6.92 Å². The Bertz CT molecular complexity index is 652. The highest BCUT2D eigenvalue weighted by atomic mass is 16.5. The second-order valence-electron chi connectivity index (χ2n) is 4.11. The van der Waals surface area contributed by atoms with E-state index in [1.54, 1.807) is 42.5 Å². The van der Waals surface area contributed by atoms with Crippen LogP contribution < -0.4 is 10.1 Å². The number of benzene rings is 2. The number of ether oxygens (including phenoxy) is 1. The van der Waals surface area contributed by atoms with Crippen molar-refractivity contribution in [3.63, 3.8) is 0 Å². The number of aromatic carboxylic acids is 1. The van der Waals surface area contributed by atoms with E-state index in [0.717, 1.165) is 0 Å². The summed E-state index contributed by atoms with van der Waals surface area (Å²) in [6.45, 7) is 1.41. The topological polar surface area (TPSA) is 75.6 Å². The number of hydrogen-bond donors (Lipinski definition) is 2. The van der Waals surface area contributed by atoms with E-state index in [9.17, 15) is 9.59 Å². The van der Waals surface area contributed by atoms with Gasteiger partial charge >= 0.3 is 5.97 Å². The van der Waals surface area contributed by atoms with E-state index in [-0.39, 0.29) is 17.2 Å². The highest BCUT2D eigenvalue weighted by molar-refractivity contribution is 5.91. The molecule has 2 N–H and O–H groups in total. The molecule has 0 atom stereocenters. The summed E-state index contributed by atoms with van der Waals surface area (Å²) in [6, 6.07) is 13.1. The average molecular weight is 271 g/mol. The van der Waals surface area contributed by atoms with Gasteiger partial charge < -0.3 is 15.2 Å². The van der Waals surface area contributed by atoms with Gasteiger partial charge in [0.15, 0.2) is 0 Å². The summed E-state index contributed by atoms with van der Waals surface area (Å²) in [7, 11) is 0. The van der Waals surface area contributed by atoms with Gasteiger partial charge in [-0.3, -0.25) is 4.79 Å². The predicted octanol–water partition coefficient (Wildman–Crippen LogP) is 3.14. The van der Waals surface area contributed by atoms with Crippen LogP contribution in [0.4, 0.5) is 5.69 Å². The molecular formula is C15H13NO4. The number of carboxylic acids is 1. The molecule has 0 aromatic heterocycles. The second-order valence-corrected chi connectivity index (χ2v) is 4.11. The zero-order chi connectivity index (χ0) is 14.5. The number of rotatable bonds is 4. The lowest BCUT2D eigenvalue weighted by atomic mass is 10.2. The zero-order valence-electron chi connectivity index (χ0n) is 10.8. The first-order valence-corrected chi connectivity index (χ1v) is 5.94. The minimum Gasteiger partial charge on any atom is -0.478 e. The standard InChI is InChI=1S/C15H13NO4/c1-10(17)16-11-5-4-6-12(9-11)20-14-8-3-2-7-13(14)15(18)19/h2-9H,1H3,(H,16,17)(H,18,19). The number of carboxylic acid groups (broad SMARTS) is 1. The van der Waals surface area contributed by atoms with Crippen molar-refractivity contribution in [1.29, 1.82) is 0 Å². The molecule has 0 unspecified atom stereocenters. The Morgan fingerprint density at radius 1 is 1.10 bits per heavy atom. The fourth-order valence-corrected chi connectivity index (χ4v) is 1.70. The Balaban J connectivity index is 2.26. The number of hydrogen-bond acceptors (Lipinski definition) is 3. The van der Waals surface area contributed by atoms with Crippen molar-refractivity contribution >= 4 is 17.6 Å². The largest absolute Gasteiger partial charge is 0.478 e. The summed E-state index contributed by atoms with van der Waals surface area (Å²) < 4.78 is 5.56. The Kier molecular flexibility index (Phi) is 4.00. The molecular weight excluding hydrogens is 258 g/mol. The molecule has 0 heterocycles. The molecule has 0 radical (unpaired) electrons. The quantitative estimate of drug-likeness (QED) is 0.895. The number of anilines is 1. The first-order chi connectivity index (χ1) is 9.56. The van der Waals surface area contributed by atoms with Gasteiger partial charge in [-0.05, 0) is 24.3 Å². The van der Waals surface area contributed by atoms with Gasteiger partial charge in [0, 0.05) is 18.7 Å². The van der Waals surface area contributed by atoms with E-state index in [1.807, 2.05) is 0 Å². The van der Waals surface area contributed by atoms with Crippen molar-refractivity contribution in [2.24, 2.45) is 0 Å². The molecule has 0 aliphatic heterocycles. The maximum absolute atomic E-state index is 11.1. The van der Waals surface area contributed by atoms with Crippen LogP contribution in [0.25, 0.3) is 0 Å². The lowest BCUT2D eigenvalue weighted by molar-refractivity contribution is -0.114. The minimum absolute atomic E-state index is 0.0810. The van der Waals surface area contributed by atoms with Crippen LogP contribution in [0.3, 0.4) is 0 Å². The average Bonchev–Trinajstić information content (AvgIpc) is 2.38. The molecule has 2 rings (SSSR count). The van der Waals surface area contributed by atoms with Crippen LogP contribution in [0.1, 0.15) is 17.3 Å². The van der Waals surface area contributed by atoms with Gasteiger partial charge in [-0.2, -0.15) is 0 Å². The fraction of sp³-hybridized carbons (Fsp3) is 0.0667. The summed E-state index contributed by atoms with van der Waals surface area (Å²) in [6.07, 6.45) is 0. The third kappa shape index (κ3) is 3.35. The molecule has 0 spiro atoms. The van der Waals surface area contributed by atoms with Crippen LogP contribution >= 0.6 is 0 Å². The normalized spacial score (nSPS) is 9.85. The molecule has 0 saturated carbocycles. The lowest BCUT2D eigenvalue weighted by Crippen LogP contribution is -2.05. The van der Waals surface area contributed by atoms with E-state index in [4.69, 9.17) is 9.84 Å². The van der Waals surface area contributed by atoms with Crippen LogP contribution in [0, 0.1) is 0 Å². The maximum atomic E-state index is 11.1. The van der Waals surface area contributed by atoms with Crippen molar-refractivity contribution in [3.05, 3.63) is 54.1 Å². The van der Waals surface area contributed by atoms with Gasteiger partial charge in [0.1, 0.15) is 17.1 Å². The van der Waals surface area contributed by atoms with Gasteiger partial charge in [-0.25, -0.2) is 4.79 Å². The monoisotopic (exact) mass is 271 g/mol. The van der Waals surface area contributed by atoms with Gasteiger partial charge in [-0.15, -0.1) is 0 Å². The van der Waals surface area contributed by atoms with Gasteiger partial charge in [0.25, 0.3) is 0 Å². The first kappa shape index (κ1) is 13.6. The van der Waals surface area contributed by atoms with E-state index in [1.165, 1.54) is 13.0 Å². The summed E-state index contributed by atoms with van der Waals surface area (Å²) in [5.74, 6) is -0.545. The van der Waals surface area contributed by atoms with Gasteiger partial charge in [-0.1, -0.05) is 18.2 Å². The Hall–Kier alpha value is -2.82. The minimum atomic E-state index is -1.06. The molecule has 0 aliphatic rings. The van der Waals surface area contributed by atoms with Crippen molar-refractivity contribution in [3.8, 4) is 11.5 Å². The summed E-state index contributed by atoms with van der Waals surface area (Å²) in [5.41, 5.74) is 0.667. The predicted molar refractivity (Wildman–Crippen MR) is 74.2 cm³/mol. The number of carbonyl (C=O) groups excluding carboxylic acids is 1. The molecule has 2 aromatic carbocycles. The van der Waals surface area contributed by atoms with Crippen molar-refractivity contribution < 1.29 is 19.4 Å². The van der Waals surface area contributed by atoms with E-state index in [2.05, 4.69) is 5.32 Å². The summed E-state index contributed by atoms with van der Waals surface area (Å²) >= 11 is 0. The molecule has 5 nitrogen and oxygen atoms in total. The second kappa shape index (κ2) is 5.88. The molecule has 0 fully saturated rings.